The molecule has 1 aromatic heterocycles. The van der Waals surface area contributed by atoms with E-state index in [1.807, 2.05) is 6.92 Å². The van der Waals surface area contributed by atoms with Crippen molar-refractivity contribution >= 4 is 11.9 Å². The molecule has 0 saturated carbocycles. The molecule has 1 aromatic rings. The maximum absolute atomic E-state index is 11.6. The first-order valence-corrected chi connectivity index (χ1v) is 5.01. The van der Waals surface area contributed by atoms with Gasteiger partial charge in [0, 0.05) is 5.56 Å². The summed E-state index contributed by atoms with van der Waals surface area (Å²) >= 11 is 0. The fourth-order valence-corrected chi connectivity index (χ4v) is 1.28. The molecule has 0 unspecified atom stereocenters. The van der Waals surface area contributed by atoms with Crippen molar-refractivity contribution in [2.45, 2.75) is 32.7 Å². The summed E-state index contributed by atoms with van der Waals surface area (Å²) in [5.74, 6) is -1.54. The quantitative estimate of drug-likeness (QED) is 0.780. The monoisotopic (exact) mass is 226 g/mol. The second-order valence-electron chi connectivity index (χ2n) is 3.49. The molecule has 0 bridgehead atoms. The number of aliphatic carboxylic acids is 1. The lowest BCUT2D eigenvalue weighted by Gasteiger charge is -2.12. The molecule has 1 heterocycles. The fraction of sp³-hybridized carbons (Fsp3) is 0.500. The lowest BCUT2D eigenvalue weighted by Crippen LogP contribution is -2.40. The van der Waals surface area contributed by atoms with Gasteiger partial charge in [0.15, 0.2) is 0 Å². The van der Waals surface area contributed by atoms with Crippen LogP contribution in [0.4, 0.5) is 0 Å². The predicted molar refractivity (Wildman–Crippen MR) is 55.0 cm³/mol. The number of nitrogens with one attached hydrogen (secondary N) is 1. The molecular formula is C10H14N2O4. The molecule has 6 heteroatoms. The smallest absolute Gasteiger partial charge is 0.326 e. The highest BCUT2D eigenvalue weighted by Crippen LogP contribution is 2.07. The van der Waals surface area contributed by atoms with E-state index in [-0.39, 0.29) is 5.76 Å². The number of aryl methyl sites for hydroxylation is 1. The predicted octanol–water partition coefficient (Wildman–Crippen LogP) is 0.966. The molecule has 2 N–H and O–H groups in total. The third-order valence-electron chi connectivity index (χ3n) is 2.14. The van der Waals surface area contributed by atoms with Gasteiger partial charge >= 0.3 is 5.97 Å². The van der Waals surface area contributed by atoms with Crippen LogP contribution in [0.5, 0.6) is 0 Å². The summed E-state index contributed by atoms with van der Waals surface area (Å²) in [5, 5.41) is 14.7. The van der Waals surface area contributed by atoms with Gasteiger partial charge < -0.3 is 14.9 Å². The number of carbonyl (C=O) groups is 2. The normalized spacial score (nSPS) is 12.1. The van der Waals surface area contributed by atoms with Crippen molar-refractivity contribution in [1.29, 1.82) is 0 Å². The van der Waals surface area contributed by atoms with Crippen molar-refractivity contribution < 1.29 is 19.2 Å². The number of nitrogens with zero attached hydrogens (tertiary/aromatic N) is 1. The third kappa shape index (κ3) is 2.82. The van der Waals surface area contributed by atoms with Gasteiger partial charge in [-0.15, -0.1) is 0 Å². The Labute approximate surface area is 92.6 Å². The molecule has 1 atom stereocenters. The second kappa shape index (κ2) is 5.29. The number of hydrogen-bond donors (Lipinski definition) is 2. The zero-order chi connectivity index (χ0) is 12.1. The zero-order valence-corrected chi connectivity index (χ0v) is 9.19. The average Bonchev–Trinajstić information content (AvgIpc) is 2.63. The van der Waals surface area contributed by atoms with Gasteiger partial charge in [0.2, 0.25) is 5.76 Å². The molecule has 0 radical (unpaired) electrons. The van der Waals surface area contributed by atoms with E-state index < -0.39 is 17.9 Å². The van der Waals surface area contributed by atoms with Crippen LogP contribution < -0.4 is 5.32 Å². The molecule has 6 nitrogen and oxygen atoms in total. The zero-order valence-electron chi connectivity index (χ0n) is 9.19. The Bertz CT molecular complexity index is 386. The first-order chi connectivity index (χ1) is 7.56. The van der Waals surface area contributed by atoms with E-state index in [0.717, 1.165) is 0 Å². The minimum Gasteiger partial charge on any atom is -0.480 e. The summed E-state index contributed by atoms with van der Waals surface area (Å²) in [5.41, 5.74) is 0.582. The van der Waals surface area contributed by atoms with Crippen molar-refractivity contribution in [1.82, 2.24) is 10.5 Å². The summed E-state index contributed by atoms with van der Waals surface area (Å²) in [4.78, 5) is 22.4. The van der Waals surface area contributed by atoms with Crippen LogP contribution in [-0.2, 0) is 4.79 Å². The molecule has 0 fully saturated rings. The number of amides is 1. The minimum absolute atomic E-state index is 0.0577. The van der Waals surface area contributed by atoms with Crippen molar-refractivity contribution in [3.8, 4) is 0 Å². The van der Waals surface area contributed by atoms with Crippen molar-refractivity contribution in [2.24, 2.45) is 0 Å². The van der Waals surface area contributed by atoms with E-state index in [4.69, 9.17) is 9.63 Å². The van der Waals surface area contributed by atoms with Gasteiger partial charge in [0.05, 0.1) is 6.20 Å². The Balaban J connectivity index is 2.69. The summed E-state index contributed by atoms with van der Waals surface area (Å²) < 4.78 is 4.73. The van der Waals surface area contributed by atoms with Crippen molar-refractivity contribution in [3.05, 3.63) is 17.5 Å². The number of hydrogen-bond acceptors (Lipinski definition) is 4. The summed E-state index contributed by atoms with van der Waals surface area (Å²) in [6, 6.07) is -0.887. The topological polar surface area (TPSA) is 92.4 Å². The van der Waals surface area contributed by atoms with Crippen LogP contribution in [0, 0.1) is 6.92 Å². The van der Waals surface area contributed by atoms with Crippen LogP contribution in [0.1, 0.15) is 35.9 Å². The number of carboxylic acid groups (broad SMARTS) is 1. The van der Waals surface area contributed by atoms with Gasteiger partial charge in [-0.2, -0.15) is 0 Å². The Morgan fingerprint density at radius 2 is 2.31 bits per heavy atom. The molecule has 0 saturated heterocycles. The van der Waals surface area contributed by atoms with Crippen molar-refractivity contribution in [3.63, 3.8) is 0 Å². The molecular weight excluding hydrogens is 212 g/mol. The van der Waals surface area contributed by atoms with Gasteiger partial charge in [0.25, 0.3) is 5.91 Å². The van der Waals surface area contributed by atoms with Gasteiger partial charge in [0.1, 0.15) is 6.04 Å². The van der Waals surface area contributed by atoms with Gasteiger partial charge in [-0.1, -0.05) is 18.5 Å². The number of rotatable bonds is 5. The number of aromatic nitrogens is 1. The number of carboxylic acids is 1. The van der Waals surface area contributed by atoms with Crippen LogP contribution in [-0.4, -0.2) is 28.2 Å². The lowest BCUT2D eigenvalue weighted by molar-refractivity contribution is -0.139. The van der Waals surface area contributed by atoms with E-state index >= 15 is 0 Å². The first kappa shape index (κ1) is 12.2. The van der Waals surface area contributed by atoms with E-state index in [0.29, 0.717) is 18.4 Å². The Hall–Kier alpha value is -1.85. The molecule has 88 valence electrons. The lowest BCUT2D eigenvalue weighted by atomic mass is 10.1. The fourth-order valence-electron chi connectivity index (χ4n) is 1.28. The Morgan fingerprint density at radius 3 is 2.75 bits per heavy atom. The third-order valence-corrected chi connectivity index (χ3v) is 2.14. The standard InChI is InChI=1S/C10H14N2O4/c1-3-4-7(10(14)15)12-9(13)8-6(2)5-11-16-8/h5,7H,3-4H2,1-2H3,(H,12,13)(H,14,15)/t7-/m1/s1. The molecule has 0 aromatic carbocycles. The first-order valence-electron chi connectivity index (χ1n) is 5.01. The maximum atomic E-state index is 11.6. The Morgan fingerprint density at radius 1 is 1.62 bits per heavy atom. The molecule has 0 spiro atoms. The van der Waals surface area contributed by atoms with Crippen LogP contribution in [0.3, 0.4) is 0 Å². The maximum Gasteiger partial charge on any atom is 0.326 e. The minimum atomic E-state index is -1.05. The highest BCUT2D eigenvalue weighted by atomic mass is 16.5. The van der Waals surface area contributed by atoms with E-state index in [1.165, 1.54) is 6.20 Å². The average molecular weight is 226 g/mol. The molecule has 0 aliphatic carbocycles. The van der Waals surface area contributed by atoms with E-state index in [1.54, 1.807) is 6.92 Å². The van der Waals surface area contributed by atoms with Gasteiger partial charge in [-0.25, -0.2) is 4.79 Å². The van der Waals surface area contributed by atoms with Gasteiger partial charge in [-0.05, 0) is 13.3 Å². The molecule has 1 amide bonds. The van der Waals surface area contributed by atoms with E-state index in [9.17, 15) is 9.59 Å². The van der Waals surface area contributed by atoms with Crippen LogP contribution in [0.25, 0.3) is 0 Å². The number of carbonyl (C=O) groups excluding carboxylic acids is 1. The highest BCUT2D eigenvalue weighted by Gasteiger charge is 2.22. The van der Waals surface area contributed by atoms with Crippen LogP contribution in [0.2, 0.25) is 0 Å². The van der Waals surface area contributed by atoms with E-state index in [2.05, 4.69) is 10.5 Å². The van der Waals surface area contributed by atoms with Gasteiger partial charge in [-0.3, -0.25) is 4.79 Å². The molecule has 16 heavy (non-hydrogen) atoms. The van der Waals surface area contributed by atoms with Crippen LogP contribution in [0.15, 0.2) is 10.7 Å². The summed E-state index contributed by atoms with van der Waals surface area (Å²) in [7, 11) is 0. The highest BCUT2D eigenvalue weighted by molar-refractivity contribution is 5.95. The molecule has 1 rings (SSSR count). The van der Waals surface area contributed by atoms with Crippen LogP contribution >= 0.6 is 0 Å². The largest absolute Gasteiger partial charge is 0.480 e. The SMILES string of the molecule is CCC[C@@H](NC(=O)c1oncc1C)C(=O)O. The molecule has 0 aliphatic heterocycles. The molecule has 0 aliphatic rings. The summed E-state index contributed by atoms with van der Waals surface area (Å²) in [6.07, 6.45) is 2.46. The second-order valence-corrected chi connectivity index (χ2v) is 3.49. The summed E-state index contributed by atoms with van der Waals surface area (Å²) in [6.45, 7) is 3.52. The Kier molecular flexibility index (Phi) is 4.04. The van der Waals surface area contributed by atoms with Crippen molar-refractivity contribution in [2.75, 3.05) is 0 Å².